The lowest BCUT2D eigenvalue weighted by Gasteiger charge is -2.37. The first-order valence-electron chi connectivity index (χ1n) is 7.29. The maximum Gasteiger partial charge on any atom is 0.0754 e. The second-order valence-electron chi connectivity index (χ2n) is 7.49. The Kier molecular flexibility index (Phi) is 3.33. The molecule has 2 saturated carbocycles. The van der Waals surface area contributed by atoms with Crippen LogP contribution in [0.1, 0.15) is 53.9 Å². The van der Waals surface area contributed by atoms with Gasteiger partial charge in [0, 0.05) is 18.0 Å². The number of rotatable bonds is 4. The van der Waals surface area contributed by atoms with Crippen molar-refractivity contribution in [2.75, 3.05) is 6.54 Å². The van der Waals surface area contributed by atoms with Crippen molar-refractivity contribution in [3.63, 3.8) is 0 Å². The van der Waals surface area contributed by atoms with Crippen LogP contribution >= 0.6 is 0 Å². The van der Waals surface area contributed by atoms with Crippen molar-refractivity contribution in [3.05, 3.63) is 0 Å². The molecule has 3 nitrogen and oxygen atoms in total. The first kappa shape index (κ1) is 14.3. The minimum Gasteiger partial charge on any atom is -0.391 e. The molecule has 0 saturated heterocycles. The number of hydrogen-bond donors (Lipinski definition) is 3. The topological polar surface area (TPSA) is 52.5 Å². The summed E-state index contributed by atoms with van der Waals surface area (Å²) < 4.78 is 0. The number of nitrogens with one attached hydrogen (secondary N) is 1. The lowest BCUT2D eigenvalue weighted by atomic mass is 9.70. The number of aliphatic hydroxyl groups is 2. The van der Waals surface area contributed by atoms with Gasteiger partial charge in [0.2, 0.25) is 0 Å². The first-order chi connectivity index (χ1) is 8.16. The molecule has 18 heavy (non-hydrogen) atoms. The average Bonchev–Trinajstić information content (AvgIpc) is 2.59. The summed E-state index contributed by atoms with van der Waals surface area (Å²) in [6, 6.07) is 0.136. The van der Waals surface area contributed by atoms with E-state index in [1.807, 2.05) is 13.8 Å². The van der Waals surface area contributed by atoms with Crippen LogP contribution in [0.25, 0.3) is 0 Å². The van der Waals surface area contributed by atoms with Crippen LogP contribution in [0.3, 0.4) is 0 Å². The van der Waals surface area contributed by atoms with E-state index >= 15 is 0 Å². The lowest BCUT2D eigenvalue weighted by molar-refractivity contribution is -0.00750. The molecule has 2 fully saturated rings. The van der Waals surface area contributed by atoms with Gasteiger partial charge >= 0.3 is 0 Å². The van der Waals surface area contributed by atoms with Gasteiger partial charge in [-0.2, -0.15) is 0 Å². The van der Waals surface area contributed by atoms with Gasteiger partial charge in [0.15, 0.2) is 0 Å². The third-order valence-corrected chi connectivity index (χ3v) is 6.28. The summed E-state index contributed by atoms with van der Waals surface area (Å²) in [5.74, 6) is 0.519. The van der Waals surface area contributed by atoms with Crippen molar-refractivity contribution in [1.29, 1.82) is 0 Å². The molecule has 3 N–H and O–H groups in total. The molecule has 0 unspecified atom stereocenters. The zero-order chi connectivity index (χ0) is 13.8. The van der Waals surface area contributed by atoms with Crippen molar-refractivity contribution in [1.82, 2.24) is 5.32 Å². The molecule has 0 radical (unpaired) electrons. The summed E-state index contributed by atoms with van der Waals surface area (Å²) in [7, 11) is 0. The second-order valence-corrected chi connectivity index (χ2v) is 7.49. The fraction of sp³-hybridized carbons (Fsp3) is 1.00. The highest BCUT2D eigenvalue weighted by atomic mass is 16.3. The van der Waals surface area contributed by atoms with Gasteiger partial charge in [0.1, 0.15) is 0 Å². The van der Waals surface area contributed by atoms with Crippen molar-refractivity contribution in [2.24, 2.45) is 16.7 Å². The van der Waals surface area contributed by atoms with Crippen LogP contribution in [0.4, 0.5) is 0 Å². The normalized spacial score (nSPS) is 45.2. The molecule has 0 aliphatic heterocycles. The molecule has 0 spiro atoms. The van der Waals surface area contributed by atoms with E-state index in [4.69, 9.17) is 0 Å². The Bertz CT molecular complexity index is 326. The third kappa shape index (κ3) is 1.83. The molecule has 106 valence electrons. The van der Waals surface area contributed by atoms with Crippen LogP contribution in [-0.4, -0.2) is 34.5 Å². The van der Waals surface area contributed by atoms with Crippen LogP contribution in [0.5, 0.6) is 0 Å². The van der Waals surface area contributed by atoms with Crippen LogP contribution in [0.2, 0.25) is 0 Å². The summed E-state index contributed by atoms with van der Waals surface area (Å²) in [6.07, 6.45) is 2.74. The zero-order valence-electron chi connectivity index (χ0n) is 12.5. The van der Waals surface area contributed by atoms with E-state index in [9.17, 15) is 10.2 Å². The Morgan fingerprint density at radius 2 is 1.94 bits per heavy atom. The van der Waals surface area contributed by atoms with Gasteiger partial charge in [-0.3, -0.25) is 0 Å². The molecule has 0 aromatic rings. The van der Waals surface area contributed by atoms with Crippen LogP contribution < -0.4 is 5.32 Å². The van der Waals surface area contributed by atoms with Gasteiger partial charge in [-0.15, -0.1) is 0 Å². The Morgan fingerprint density at radius 3 is 2.39 bits per heavy atom. The number of fused-ring (bicyclic) bond motifs is 2. The molecule has 2 aliphatic rings. The van der Waals surface area contributed by atoms with Gasteiger partial charge in [-0.1, -0.05) is 27.7 Å². The van der Waals surface area contributed by atoms with E-state index in [0.717, 1.165) is 12.8 Å². The highest BCUT2D eigenvalue weighted by Gasteiger charge is 2.65. The molecule has 2 bridgehead atoms. The summed E-state index contributed by atoms with van der Waals surface area (Å²) in [6.45, 7) is 11.2. The largest absolute Gasteiger partial charge is 0.391 e. The second kappa shape index (κ2) is 4.19. The van der Waals surface area contributed by atoms with E-state index in [-0.39, 0.29) is 23.0 Å². The predicted molar refractivity (Wildman–Crippen MR) is 73.3 cm³/mol. The van der Waals surface area contributed by atoms with Crippen molar-refractivity contribution in [3.8, 4) is 0 Å². The predicted octanol–water partition coefficient (Wildman–Crippen LogP) is 1.92. The van der Waals surface area contributed by atoms with Gasteiger partial charge in [-0.05, 0) is 37.5 Å². The smallest absolute Gasteiger partial charge is 0.0754 e. The number of aliphatic hydroxyl groups excluding tert-OH is 1. The molecule has 2 aliphatic carbocycles. The van der Waals surface area contributed by atoms with Gasteiger partial charge in [-0.25, -0.2) is 0 Å². The number of hydrogen-bond acceptors (Lipinski definition) is 3. The molecule has 0 aromatic heterocycles. The third-order valence-electron chi connectivity index (χ3n) is 6.28. The van der Waals surface area contributed by atoms with Crippen molar-refractivity contribution in [2.45, 2.75) is 71.6 Å². The summed E-state index contributed by atoms with van der Waals surface area (Å²) in [5, 5.41) is 24.1. The molecule has 3 heteroatoms. The first-order valence-corrected chi connectivity index (χ1v) is 7.29. The monoisotopic (exact) mass is 255 g/mol. The van der Waals surface area contributed by atoms with Crippen LogP contribution in [-0.2, 0) is 0 Å². The lowest BCUT2D eigenvalue weighted by Crippen LogP contribution is -2.51. The SMILES string of the molecule is CC[C@](C)(O)CN[C@H]1[C@H]2CC[C@@](C)([C@@H]1O)C2(C)C. The molecule has 2 rings (SSSR count). The minimum absolute atomic E-state index is 0.0212. The fourth-order valence-electron chi connectivity index (χ4n) is 4.05. The van der Waals surface area contributed by atoms with Gasteiger partial charge in [0.25, 0.3) is 0 Å². The van der Waals surface area contributed by atoms with Gasteiger partial charge < -0.3 is 15.5 Å². The van der Waals surface area contributed by atoms with E-state index in [2.05, 4.69) is 26.1 Å². The summed E-state index contributed by atoms with van der Waals surface area (Å²) in [5.41, 5.74) is -0.470. The van der Waals surface area contributed by atoms with Crippen LogP contribution in [0, 0.1) is 16.7 Å². The van der Waals surface area contributed by atoms with E-state index in [0.29, 0.717) is 12.5 Å². The molecular formula is C15H29NO2. The molecule has 0 aromatic carbocycles. The minimum atomic E-state index is -0.674. The summed E-state index contributed by atoms with van der Waals surface area (Å²) in [4.78, 5) is 0. The Labute approximate surface area is 111 Å². The maximum atomic E-state index is 10.6. The molecule has 0 amide bonds. The van der Waals surface area contributed by atoms with Gasteiger partial charge in [0.05, 0.1) is 11.7 Å². The fourth-order valence-corrected chi connectivity index (χ4v) is 4.05. The molecule has 5 atom stereocenters. The molecule has 0 heterocycles. The standard InChI is InChI=1S/C15H29NO2/c1-6-14(4,18)9-16-11-10-7-8-15(5,12(11)17)13(10,2)3/h10-12,16-18H,6-9H2,1-5H3/t10-,11+,12-,14+,15+/m1/s1. The maximum absolute atomic E-state index is 10.6. The Morgan fingerprint density at radius 1 is 1.33 bits per heavy atom. The Hall–Kier alpha value is -0.120. The van der Waals surface area contributed by atoms with E-state index in [1.54, 1.807) is 0 Å². The quantitative estimate of drug-likeness (QED) is 0.719. The summed E-state index contributed by atoms with van der Waals surface area (Å²) >= 11 is 0. The van der Waals surface area contributed by atoms with E-state index in [1.165, 1.54) is 6.42 Å². The van der Waals surface area contributed by atoms with Crippen LogP contribution in [0.15, 0.2) is 0 Å². The van der Waals surface area contributed by atoms with E-state index < -0.39 is 5.60 Å². The highest BCUT2D eigenvalue weighted by Crippen LogP contribution is 2.65. The molecular weight excluding hydrogens is 226 g/mol. The Balaban J connectivity index is 2.09. The average molecular weight is 255 g/mol. The zero-order valence-corrected chi connectivity index (χ0v) is 12.5. The van der Waals surface area contributed by atoms with Crippen molar-refractivity contribution < 1.29 is 10.2 Å². The van der Waals surface area contributed by atoms with Crippen molar-refractivity contribution >= 4 is 0 Å². The highest BCUT2D eigenvalue weighted by molar-refractivity contribution is 5.17.